The van der Waals surface area contributed by atoms with E-state index in [4.69, 9.17) is 5.84 Å². The lowest BCUT2D eigenvalue weighted by Crippen LogP contribution is -2.34. The van der Waals surface area contributed by atoms with Crippen molar-refractivity contribution in [2.24, 2.45) is 5.84 Å². The minimum absolute atomic E-state index is 0.0428. The van der Waals surface area contributed by atoms with Crippen LogP contribution in [0, 0.1) is 11.6 Å². The average Bonchev–Trinajstić information content (AvgIpc) is 3.07. The molecular formula is C20H22F5N3O. The molecule has 0 unspecified atom stereocenters. The third-order valence-corrected chi connectivity index (χ3v) is 5.36. The minimum atomic E-state index is -4.61. The van der Waals surface area contributed by atoms with Gasteiger partial charge in [0, 0.05) is 24.2 Å². The highest BCUT2D eigenvalue weighted by atomic mass is 19.4. The highest BCUT2D eigenvalue weighted by Crippen LogP contribution is 2.39. The number of halogens is 5. The van der Waals surface area contributed by atoms with Crippen molar-refractivity contribution in [1.82, 2.24) is 4.90 Å². The first-order valence-electron chi connectivity index (χ1n) is 9.38. The van der Waals surface area contributed by atoms with Gasteiger partial charge in [-0.2, -0.15) is 13.2 Å². The third-order valence-electron chi connectivity index (χ3n) is 5.36. The Morgan fingerprint density at radius 2 is 1.72 bits per heavy atom. The summed E-state index contributed by atoms with van der Waals surface area (Å²) in [6, 6.07) is 1.96. The Balaban J connectivity index is 1.92. The topological polar surface area (TPSA) is 49.6 Å². The van der Waals surface area contributed by atoms with Crippen molar-refractivity contribution in [3.63, 3.8) is 0 Å². The normalized spacial score (nSPS) is 17.9. The maximum absolute atomic E-state index is 14.6. The van der Waals surface area contributed by atoms with Crippen LogP contribution in [0.1, 0.15) is 44.1 Å². The predicted octanol–water partition coefficient (Wildman–Crippen LogP) is 4.71. The molecule has 0 aromatic heterocycles. The van der Waals surface area contributed by atoms with Gasteiger partial charge < -0.3 is 4.90 Å². The molecule has 158 valence electrons. The van der Waals surface area contributed by atoms with Crippen molar-refractivity contribution in [3.8, 4) is 0 Å². The summed E-state index contributed by atoms with van der Waals surface area (Å²) in [6.07, 6.45) is -2.09. The number of carbonyl (C=O) groups excluding carboxylic acids is 1. The van der Waals surface area contributed by atoms with Gasteiger partial charge in [0.25, 0.3) is 0 Å². The molecule has 0 saturated carbocycles. The van der Waals surface area contributed by atoms with Gasteiger partial charge in [0.05, 0.1) is 17.8 Å². The molecular weight excluding hydrogens is 393 g/mol. The number of hydrogen-bond donors (Lipinski definition) is 1. The minimum Gasteiger partial charge on any atom is -0.338 e. The summed E-state index contributed by atoms with van der Waals surface area (Å²) in [5, 5.41) is 0.905. The van der Waals surface area contributed by atoms with Crippen molar-refractivity contribution < 1.29 is 26.7 Å². The standard InChI is InChI=1S/C20H22F5N3O/c1-12(20(23,24)25)14-5-2-3-6-18(14)28(26)13-9-16(21)15(17(22)10-13)11-27-8-4-7-19(27)29/h9-10H,1-8,11,26H2. The Morgan fingerprint density at radius 1 is 1.10 bits per heavy atom. The van der Waals surface area contributed by atoms with Crippen molar-refractivity contribution in [2.45, 2.75) is 51.2 Å². The zero-order valence-electron chi connectivity index (χ0n) is 15.8. The van der Waals surface area contributed by atoms with Crippen LogP contribution in [-0.2, 0) is 11.3 Å². The Labute approximate surface area is 165 Å². The number of hydrazine groups is 1. The number of carbonyl (C=O) groups is 1. The van der Waals surface area contributed by atoms with Crippen LogP contribution in [0.2, 0.25) is 0 Å². The molecule has 0 atom stereocenters. The van der Waals surface area contributed by atoms with Crippen molar-refractivity contribution in [3.05, 3.63) is 52.8 Å². The summed E-state index contributed by atoms with van der Waals surface area (Å²) in [7, 11) is 0. The van der Waals surface area contributed by atoms with Gasteiger partial charge in [-0.25, -0.2) is 14.6 Å². The fourth-order valence-electron chi connectivity index (χ4n) is 3.75. The summed E-state index contributed by atoms with van der Waals surface area (Å²) >= 11 is 0. The molecule has 0 spiro atoms. The fraction of sp³-hybridized carbons (Fsp3) is 0.450. The second kappa shape index (κ2) is 8.14. The third kappa shape index (κ3) is 4.44. The van der Waals surface area contributed by atoms with E-state index >= 15 is 0 Å². The Hall–Kier alpha value is -2.42. The molecule has 3 rings (SSSR count). The lowest BCUT2D eigenvalue weighted by Gasteiger charge is -2.30. The lowest BCUT2D eigenvalue weighted by molar-refractivity contribution is -0.128. The van der Waals surface area contributed by atoms with E-state index in [0.29, 0.717) is 32.2 Å². The van der Waals surface area contributed by atoms with Gasteiger partial charge in [0.15, 0.2) is 0 Å². The summed E-state index contributed by atoms with van der Waals surface area (Å²) in [4.78, 5) is 13.1. The number of anilines is 1. The lowest BCUT2D eigenvalue weighted by atomic mass is 9.90. The molecule has 1 heterocycles. The molecule has 0 bridgehead atoms. The van der Waals surface area contributed by atoms with E-state index in [9.17, 15) is 26.7 Å². The van der Waals surface area contributed by atoms with Crippen LogP contribution in [0.3, 0.4) is 0 Å². The van der Waals surface area contributed by atoms with Crippen molar-refractivity contribution in [1.29, 1.82) is 0 Å². The van der Waals surface area contributed by atoms with Gasteiger partial charge >= 0.3 is 6.18 Å². The van der Waals surface area contributed by atoms with Crippen LogP contribution < -0.4 is 10.9 Å². The first-order chi connectivity index (χ1) is 13.6. The zero-order chi connectivity index (χ0) is 21.3. The zero-order valence-corrected chi connectivity index (χ0v) is 15.8. The second-order valence-electron chi connectivity index (χ2n) is 7.29. The number of amides is 1. The molecule has 9 heteroatoms. The van der Waals surface area contributed by atoms with Gasteiger partial charge in [-0.05, 0) is 49.8 Å². The predicted molar refractivity (Wildman–Crippen MR) is 98.4 cm³/mol. The SMILES string of the molecule is C=C(C1=C(N(N)c2cc(F)c(CN3CCCC3=O)c(F)c2)CCCC1)C(F)(F)F. The number of rotatable bonds is 5. The molecule has 1 fully saturated rings. The molecule has 1 aromatic rings. The monoisotopic (exact) mass is 415 g/mol. The first-order valence-corrected chi connectivity index (χ1v) is 9.38. The molecule has 0 radical (unpaired) electrons. The first kappa shape index (κ1) is 21.3. The van der Waals surface area contributed by atoms with E-state index in [-0.39, 0.29) is 47.8 Å². The molecule has 1 aromatic carbocycles. The molecule has 2 aliphatic rings. The molecule has 4 nitrogen and oxygen atoms in total. The van der Waals surface area contributed by atoms with E-state index in [0.717, 1.165) is 17.1 Å². The van der Waals surface area contributed by atoms with E-state index in [1.807, 2.05) is 0 Å². The van der Waals surface area contributed by atoms with Gasteiger partial charge in [0.2, 0.25) is 5.91 Å². The largest absolute Gasteiger partial charge is 0.416 e. The van der Waals surface area contributed by atoms with Crippen LogP contribution in [0.4, 0.5) is 27.6 Å². The van der Waals surface area contributed by atoms with Crippen molar-refractivity contribution in [2.75, 3.05) is 11.6 Å². The summed E-state index contributed by atoms with van der Waals surface area (Å²) < 4.78 is 68.6. The Bertz CT molecular complexity index is 839. The molecule has 1 aliphatic heterocycles. The number of allylic oxidation sites excluding steroid dienone is 3. The van der Waals surface area contributed by atoms with Crippen LogP contribution in [-0.4, -0.2) is 23.5 Å². The Kier molecular flexibility index (Phi) is 5.97. The van der Waals surface area contributed by atoms with Gasteiger partial charge in [0.1, 0.15) is 11.6 Å². The quantitative estimate of drug-likeness (QED) is 0.430. The average molecular weight is 415 g/mol. The number of likely N-dealkylation sites (tertiary alicyclic amines) is 1. The van der Waals surface area contributed by atoms with E-state index in [1.54, 1.807) is 0 Å². The van der Waals surface area contributed by atoms with E-state index in [2.05, 4.69) is 6.58 Å². The number of alkyl halides is 3. The fourth-order valence-corrected chi connectivity index (χ4v) is 3.75. The molecule has 2 N–H and O–H groups in total. The summed E-state index contributed by atoms with van der Waals surface area (Å²) in [5.41, 5.74) is -1.25. The van der Waals surface area contributed by atoms with Gasteiger partial charge in [-0.3, -0.25) is 9.80 Å². The molecule has 1 amide bonds. The molecule has 29 heavy (non-hydrogen) atoms. The van der Waals surface area contributed by atoms with Gasteiger partial charge in [-0.15, -0.1) is 0 Å². The maximum Gasteiger partial charge on any atom is 0.416 e. The summed E-state index contributed by atoms with van der Waals surface area (Å²) in [5.74, 6) is 4.01. The van der Waals surface area contributed by atoms with E-state index in [1.165, 1.54) is 4.90 Å². The number of nitrogens with zero attached hydrogens (tertiary/aromatic N) is 2. The number of nitrogens with two attached hydrogens (primary N) is 1. The van der Waals surface area contributed by atoms with Crippen LogP contribution in [0.15, 0.2) is 35.6 Å². The maximum atomic E-state index is 14.6. The second-order valence-corrected chi connectivity index (χ2v) is 7.29. The van der Waals surface area contributed by atoms with E-state index < -0.39 is 23.4 Å². The highest BCUT2D eigenvalue weighted by molar-refractivity contribution is 5.78. The Morgan fingerprint density at radius 3 is 2.28 bits per heavy atom. The highest BCUT2D eigenvalue weighted by Gasteiger charge is 2.37. The van der Waals surface area contributed by atoms with Gasteiger partial charge in [-0.1, -0.05) is 6.58 Å². The number of benzene rings is 1. The smallest absolute Gasteiger partial charge is 0.338 e. The number of hydrogen-bond acceptors (Lipinski definition) is 3. The molecule has 1 aliphatic carbocycles. The summed E-state index contributed by atoms with van der Waals surface area (Å²) in [6.45, 7) is 3.37. The van der Waals surface area contributed by atoms with Crippen LogP contribution >= 0.6 is 0 Å². The molecule has 1 saturated heterocycles. The van der Waals surface area contributed by atoms with Crippen LogP contribution in [0.25, 0.3) is 0 Å². The van der Waals surface area contributed by atoms with Crippen LogP contribution in [0.5, 0.6) is 0 Å². The van der Waals surface area contributed by atoms with Crippen molar-refractivity contribution >= 4 is 11.6 Å².